The summed E-state index contributed by atoms with van der Waals surface area (Å²) in [6, 6.07) is 9.94. The number of benzene rings is 1. The van der Waals surface area contributed by atoms with Gasteiger partial charge in [-0.15, -0.1) is 0 Å². The number of carbonyl (C=O) groups is 1. The third kappa shape index (κ3) is 15.3. The topological polar surface area (TPSA) is 33.4 Å². The minimum atomic E-state index is 0. The molecule has 1 amide bonds. The van der Waals surface area contributed by atoms with E-state index >= 15 is 0 Å². The second kappa shape index (κ2) is 21.5. The summed E-state index contributed by atoms with van der Waals surface area (Å²) in [6.07, 6.45) is 22.9. The Kier molecular flexibility index (Phi) is 19.6. The molecule has 0 N–H and O–H groups in total. The number of halogens is 2. The van der Waals surface area contributed by atoms with Crippen LogP contribution in [0.5, 0.6) is 5.75 Å². The molecule has 2 rings (SSSR count). The van der Waals surface area contributed by atoms with Crippen LogP contribution in [0.2, 0.25) is 5.02 Å². The maximum absolute atomic E-state index is 12.2. The Morgan fingerprint density at radius 3 is 1.79 bits per heavy atom. The molecule has 0 radical (unpaired) electrons. The third-order valence-corrected chi connectivity index (χ3v) is 7.29. The molecule has 1 aromatic carbocycles. The molecule has 0 unspecified atom stereocenters. The van der Waals surface area contributed by atoms with E-state index in [9.17, 15) is 4.79 Å². The van der Waals surface area contributed by atoms with Crippen LogP contribution in [0.15, 0.2) is 42.7 Å². The summed E-state index contributed by atoms with van der Waals surface area (Å²) in [5.74, 6) is 0.771. The van der Waals surface area contributed by atoms with E-state index in [1.807, 2.05) is 59.2 Å². The Labute approximate surface area is 254 Å². The summed E-state index contributed by atoms with van der Waals surface area (Å²) < 4.78 is 7.93. The van der Waals surface area contributed by atoms with Gasteiger partial charge in [0, 0.05) is 32.1 Å². The van der Waals surface area contributed by atoms with Crippen molar-refractivity contribution in [3.8, 4) is 5.75 Å². The van der Waals surface area contributed by atoms with Gasteiger partial charge in [0.25, 0.3) is 0 Å². The minimum Gasteiger partial charge on any atom is -1.00 e. The normalized spacial score (nSPS) is 10.7. The number of amides is 1. The molecule has 2 aromatic rings. The number of ether oxygens (including phenoxy) is 1. The monoisotopic (exact) mass is 656 g/mol. The van der Waals surface area contributed by atoms with Gasteiger partial charge in [-0.1, -0.05) is 108 Å². The Morgan fingerprint density at radius 1 is 0.789 bits per heavy atom. The van der Waals surface area contributed by atoms with Crippen molar-refractivity contribution in [1.29, 1.82) is 0 Å². The number of aryl methyl sites for hydroxylation is 1. The van der Waals surface area contributed by atoms with Gasteiger partial charge < -0.3 is 33.6 Å². The molecule has 4 nitrogen and oxygen atoms in total. The summed E-state index contributed by atoms with van der Waals surface area (Å²) in [5, 5.41) is 0.609. The fourth-order valence-corrected chi connectivity index (χ4v) is 4.85. The first-order chi connectivity index (χ1) is 18.0. The Morgan fingerprint density at radius 2 is 1.29 bits per heavy atom. The molecule has 0 saturated heterocycles. The Balaban J connectivity index is 0.00000722. The zero-order chi connectivity index (χ0) is 26.7. The first kappa shape index (κ1) is 34.7. The molecule has 38 heavy (non-hydrogen) atoms. The lowest BCUT2D eigenvalue weighted by molar-refractivity contribution is -0.671. The van der Waals surface area contributed by atoms with Crippen molar-refractivity contribution in [3.05, 3.63) is 58.9 Å². The van der Waals surface area contributed by atoms with Crippen molar-refractivity contribution in [2.24, 2.45) is 7.05 Å². The third-order valence-electron chi connectivity index (χ3n) is 6.99. The highest BCUT2D eigenvalue weighted by atomic mass is 127. The van der Waals surface area contributed by atoms with E-state index in [2.05, 4.69) is 6.92 Å². The van der Waals surface area contributed by atoms with Gasteiger partial charge in [-0.25, -0.2) is 4.57 Å². The van der Waals surface area contributed by atoms with E-state index in [1.165, 1.54) is 83.5 Å². The second-order valence-corrected chi connectivity index (χ2v) is 10.9. The maximum atomic E-state index is 12.2. The molecule has 0 spiro atoms. The number of hydrogen-bond acceptors (Lipinski definition) is 2. The second-order valence-electron chi connectivity index (χ2n) is 10.5. The zero-order valence-electron chi connectivity index (χ0n) is 24.0. The lowest BCUT2D eigenvalue weighted by Gasteiger charge is -2.21. The molecule has 214 valence electrons. The summed E-state index contributed by atoms with van der Waals surface area (Å²) in [7, 11) is 1.98. The van der Waals surface area contributed by atoms with E-state index in [4.69, 9.17) is 16.3 Å². The molecule has 0 aliphatic heterocycles. The largest absolute Gasteiger partial charge is 1.00 e. The molecule has 0 atom stereocenters. The van der Waals surface area contributed by atoms with Crippen molar-refractivity contribution >= 4 is 17.5 Å². The summed E-state index contributed by atoms with van der Waals surface area (Å²) in [5.41, 5.74) is 2.11. The minimum absolute atomic E-state index is 0. The van der Waals surface area contributed by atoms with Gasteiger partial charge in [0.2, 0.25) is 5.91 Å². The van der Waals surface area contributed by atoms with Crippen LogP contribution in [-0.4, -0.2) is 17.4 Å². The summed E-state index contributed by atoms with van der Waals surface area (Å²) in [6.45, 7) is 5.68. The number of unbranched alkanes of at least 4 members (excludes halogenated alkanes) is 13. The van der Waals surface area contributed by atoms with Crippen LogP contribution in [0.1, 0.15) is 115 Å². The smallest absolute Gasteiger partial charge is 0.220 e. The maximum Gasteiger partial charge on any atom is 0.220 e. The lowest BCUT2D eigenvalue weighted by atomic mass is 10.0. The Bertz CT molecular complexity index is 892. The molecule has 0 saturated carbocycles. The number of pyridine rings is 1. The van der Waals surface area contributed by atoms with E-state index in [0.29, 0.717) is 24.7 Å². The molecule has 0 fully saturated rings. The fourth-order valence-electron chi connectivity index (χ4n) is 4.60. The number of hydrogen-bond donors (Lipinski definition) is 0. The molecule has 0 aliphatic rings. The van der Waals surface area contributed by atoms with Gasteiger partial charge >= 0.3 is 0 Å². The van der Waals surface area contributed by atoms with Gasteiger partial charge in [-0.3, -0.25) is 4.79 Å². The highest BCUT2D eigenvalue weighted by Crippen LogP contribution is 2.27. The fraction of sp³-hybridized carbons (Fsp3) is 0.625. The molecular formula is C32H50ClIN2O2. The van der Waals surface area contributed by atoms with E-state index in [1.54, 1.807) is 6.92 Å². The van der Waals surface area contributed by atoms with Gasteiger partial charge in [-0.2, -0.15) is 0 Å². The highest BCUT2D eigenvalue weighted by molar-refractivity contribution is 6.32. The molecule has 1 aromatic heterocycles. The number of carbonyl (C=O) groups excluding carboxylic acids is 1. The SMILES string of the molecule is CCCCCCCCCCCCCCCCOc1ccc(CN(Cc2cc[n+](C)cc2)C(C)=O)cc1Cl.[I-]. The van der Waals surface area contributed by atoms with Crippen LogP contribution in [0.25, 0.3) is 0 Å². The van der Waals surface area contributed by atoms with Crippen molar-refractivity contribution in [1.82, 2.24) is 4.90 Å². The quantitative estimate of drug-likeness (QED) is 0.106. The standard InChI is InChI=1S/C32H50ClN2O2.HI/c1-4-5-6-7-8-9-10-11-12-13-14-15-16-17-24-37-32-19-18-30(25-31(32)33)27-35(28(2)36)26-29-20-22-34(3)23-21-29;/h18-23,25H,4-17,24,26-27H2,1-3H3;1H/q+1;/p-1. The first-order valence-electron chi connectivity index (χ1n) is 14.6. The van der Waals surface area contributed by atoms with Gasteiger partial charge in [0.15, 0.2) is 12.4 Å². The average Bonchev–Trinajstić information content (AvgIpc) is 2.88. The van der Waals surface area contributed by atoms with Gasteiger partial charge in [0.1, 0.15) is 12.8 Å². The predicted octanol–water partition coefficient (Wildman–Crippen LogP) is 5.58. The van der Waals surface area contributed by atoms with E-state index < -0.39 is 0 Å². The molecule has 1 heterocycles. The van der Waals surface area contributed by atoms with E-state index in [-0.39, 0.29) is 29.9 Å². The first-order valence-corrected chi connectivity index (χ1v) is 15.0. The lowest BCUT2D eigenvalue weighted by Crippen LogP contribution is -3.00. The molecule has 6 heteroatoms. The van der Waals surface area contributed by atoms with Gasteiger partial charge in [0.05, 0.1) is 11.6 Å². The van der Waals surface area contributed by atoms with Crippen molar-refractivity contribution in [2.45, 2.75) is 117 Å². The number of aromatic nitrogens is 1. The average molecular weight is 657 g/mol. The van der Waals surface area contributed by atoms with Crippen molar-refractivity contribution in [2.75, 3.05) is 6.61 Å². The highest BCUT2D eigenvalue weighted by Gasteiger charge is 2.13. The van der Waals surface area contributed by atoms with Crippen molar-refractivity contribution in [3.63, 3.8) is 0 Å². The van der Waals surface area contributed by atoms with Crippen molar-refractivity contribution < 1.29 is 38.1 Å². The van der Waals surface area contributed by atoms with Crippen LogP contribution < -0.4 is 33.3 Å². The van der Waals surface area contributed by atoms with Crippen LogP contribution >= 0.6 is 11.6 Å². The van der Waals surface area contributed by atoms with E-state index in [0.717, 1.165) is 23.3 Å². The zero-order valence-corrected chi connectivity index (χ0v) is 26.9. The summed E-state index contributed by atoms with van der Waals surface area (Å²) >= 11 is 6.50. The molecule has 0 bridgehead atoms. The predicted molar refractivity (Wildman–Crippen MR) is 155 cm³/mol. The number of rotatable bonds is 20. The molecular weight excluding hydrogens is 607 g/mol. The van der Waals surface area contributed by atoms with Gasteiger partial charge in [-0.05, 0) is 29.7 Å². The van der Waals surface area contributed by atoms with Crippen LogP contribution in [-0.2, 0) is 24.9 Å². The van der Waals surface area contributed by atoms with Crippen LogP contribution in [0, 0.1) is 0 Å². The Hall–Kier alpha value is -1.34. The molecule has 0 aliphatic carbocycles. The van der Waals surface area contributed by atoms with Crippen LogP contribution in [0.4, 0.5) is 0 Å². The van der Waals surface area contributed by atoms with Crippen LogP contribution in [0.3, 0.4) is 0 Å². The number of nitrogens with zero attached hydrogens (tertiary/aromatic N) is 2. The summed E-state index contributed by atoms with van der Waals surface area (Å²) in [4.78, 5) is 14.0.